The summed E-state index contributed by atoms with van der Waals surface area (Å²) in [5, 5.41) is 23.8. The molecular formula is C11H10ClN5O2. The maximum Gasteiger partial charge on any atom is 0.140 e. The molecule has 0 saturated heterocycles. The fraction of sp³-hybridized carbons (Fsp3) is 0.273. The molecule has 2 rings (SSSR count). The van der Waals surface area contributed by atoms with Crippen molar-refractivity contribution in [1.82, 2.24) is 9.97 Å². The quantitative estimate of drug-likeness (QED) is 0.385. The van der Waals surface area contributed by atoms with Gasteiger partial charge >= 0.3 is 0 Å². The van der Waals surface area contributed by atoms with Crippen LogP contribution in [0.5, 0.6) is 0 Å². The monoisotopic (exact) mass is 279 g/mol. The summed E-state index contributed by atoms with van der Waals surface area (Å²) in [6.45, 7) is -0.208. The Morgan fingerprint density at radius 1 is 1.37 bits per heavy atom. The Bertz CT molecular complexity index is 644. The number of fused-ring (bicyclic) bond motifs is 1. The van der Waals surface area contributed by atoms with Crippen molar-refractivity contribution in [3.63, 3.8) is 0 Å². The first kappa shape index (κ1) is 13.5. The first-order valence-corrected chi connectivity index (χ1v) is 5.78. The molecule has 0 bridgehead atoms. The molecule has 7 nitrogen and oxygen atoms in total. The van der Waals surface area contributed by atoms with Gasteiger partial charge in [-0.25, -0.2) is 9.97 Å². The minimum atomic E-state index is -1.18. The average molecular weight is 280 g/mol. The van der Waals surface area contributed by atoms with Crippen molar-refractivity contribution in [2.45, 2.75) is 12.2 Å². The Labute approximate surface area is 113 Å². The number of halogens is 1. The first-order chi connectivity index (χ1) is 9.13. The summed E-state index contributed by atoms with van der Waals surface area (Å²) in [5.41, 5.74) is 9.20. The molecule has 98 valence electrons. The van der Waals surface area contributed by atoms with Crippen molar-refractivity contribution in [3.05, 3.63) is 45.7 Å². The molecule has 0 spiro atoms. The highest BCUT2D eigenvalue weighted by Gasteiger charge is 2.18. The molecule has 0 amide bonds. The van der Waals surface area contributed by atoms with Crippen molar-refractivity contribution in [3.8, 4) is 0 Å². The van der Waals surface area contributed by atoms with Gasteiger partial charge in [0, 0.05) is 10.3 Å². The number of nitrogens with zero attached hydrogens (tertiary/aromatic N) is 5. The van der Waals surface area contributed by atoms with E-state index >= 15 is 0 Å². The molecule has 19 heavy (non-hydrogen) atoms. The highest BCUT2D eigenvalue weighted by Crippen LogP contribution is 2.24. The summed E-state index contributed by atoms with van der Waals surface area (Å²) >= 11 is 5.90. The van der Waals surface area contributed by atoms with Gasteiger partial charge in [0.2, 0.25) is 0 Å². The number of hydrogen-bond donors (Lipinski definition) is 2. The van der Waals surface area contributed by atoms with Gasteiger partial charge in [0.15, 0.2) is 0 Å². The van der Waals surface area contributed by atoms with Crippen LogP contribution in [0.15, 0.2) is 29.6 Å². The zero-order valence-electron chi connectivity index (χ0n) is 9.68. The maximum atomic E-state index is 9.93. The molecule has 2 atom stereocenters. The van der Waals surface area contributed by atoms with Gasteiger partial charge in [-0.05, 0) is 23.2 Å². The maximum absolute atomic E-state index is 9.93. The second kappa shape index (κ2) is 5.81. The van der Waals surface area contributed by atoms with E-state index in [1.807, 2.05) is 0 Å². The number of rotatable bonds is 4. The Morgan fingerprint density at radius 3 is 2.89 bits per heavy atom. The predicted octanol–water partition coefficient (Wildman–Crippen LogP) is 1.99. The van der Waals surface area contributed by atoms with Crippen LogP contribution in [0.4, 0.5) is 0 Å². The van der Waals surface area contributed by atoms with Gasteiger partial charge in [0.05, 0.1) is 18.2 Å². The third-order valence-corrected chi connectivity index (χ3v) is 2.95. The van der Waals surface area contributed by atoms with Gasteiger partial charge in [-0.1, -0.05) is 22.8 Å². The van der Waals surface area contributed by atoms with E-state index in [1.165, 1.54) is 6.33 Å². The van der Waals surface area contributed by atoms with Crippen molar-refractivity contribution < 1.29 is 10.2 Å². The Morgan fingerprint density at radius 2 is 2.16 bits per heavy atom. The van der Waals surface area contributed by atoms with E-state index < -0.39 is 12.2 Å². The molecule has 2 aromatic rings. The lowest BCUT2D eigenvalue weighted by atomic mass is 10.0. The van der Waals surface area contributed by atoms with E-state index in [0.29, 0.717) is 21.6 Å². The average Bonchev–Trinajstić information content (AvgIpc) is 2.43. The molecule has 0 radical (unpaired) electrons. The van der Waals surface area contributed by atoms with Crippen molar-refractivity contribution in [2.24, 2.45) is 5.11 Å². The number of benzene rings is 1. The van der Waals surface area contributed by atoms with E-state index in [1.54, 1.807) is 18.2 Å². The van der Waals surface area contributed by atoms with Gasteiger partial charge < -0.3 is 10.2 Å². The normalized spacial score (nSPS) is 13.8. The van der Waals surface area contributed by atoms with Crippen molar-refractivity contribution >= 4 is 22.5 Å². The van der Waals surface area contributed by atoms with Crippen LogP contribution >= 0.6 is 11.6 Å². The Balaban J connectivity index is 2.32. The molecule has 0 aliphatic carbocycles. The second-order valence-electron chi connectivity index (χ2n) is 3.87. The van der Waals surface area contributed by atoms with Crippen LogP contribution in [0, 0.1) is 0 Å². The standard InChI is InChI=1S/C11H10ClN5O2/c12-11-7-2-1-6(3-8(7)14-5-15-11)10(19)9(18)4-16-17-13/h1-3,5,9-10,18-19H,4H2. The number of hydrogen-bond acceptors (Lipinski definition) is 5. The van der Waals surface area contributed by atoms with Gasteiger partial charge in [-0.15, -0.1) is 0 Å². The molecule has 0 aliphatic heterocycles. The summed E-state index contributed by atoms with van der Waals surface area (Å²) in [6, 6.07) is 4.88. The lowest BCUT2D eigenvalue weighted by Crippen LogP contribution is -2.21. The number of aliphatic hydroxyl groups excluding tert-OH is 2. The topological polar surface area (TPSA) is 115 Å². The Kier molecular flexibility index (Phi) is 4.13. The van der Waals surface area contributed by atoms with E-state index in [9.17, 15) is 10.2 Å². The molecule has 2 N–H and O–H groups in total. The van der Waals surface area contributed by atoms with Gasteiger partial charge in [-0.2, -0.15) is 0 Å². The summed E-state index contributed by atoms with van der Waals surface area (Å²) in [4.78, 5) is 10.4. The van der Waals surface area contributed by atoms with Crippen LogP contribution in [0.3, 0.4) is 0 Å². The Hall–Kier alpha value is -1.92. The molecule has 8 heteroatoms. The van der Waals surface area contributed by atoms with Gasteiger partial charge in [0.25, 0.3) is 0 Å². The fourth-order valence-electron chi connectivity index (χ4n) is 1.67. The van der Waals surface area contributed by atoms with Crippen LogP contribution in [-0.4, -0.2) is 32.8 Å². The molecule has 0 aliphatic rings. The van der Waals surface area contributed by atoms with Gasteiger partial charge in [-0.3, -0.25) is 0 Å². The van der Waals surface area contributed by atoms with E-state index in [4.69, 9.17) is 17.1 Å². The van der Waals surface area contributed by atoms with E-state index in [0.717, 1.165) is 0 Å². The first-order valence-electron chi connectivity index (χ1n) is 5.40. The van der Waals surface area contributed by atoms with Crippen LogP contribution in [0.1, 0.15) is 11.7 Å². The number of aliphatic hydroxyl groups is 2. The molecule has 0 fully saturated rings. The van der Waals surface area contributed by atoms with E-state index in [-0.39, 0.29) is 6.54 Å². The summed E-state index contributed by atoms with van der Waals surface area (Å²) in [6.07, 6.45) is -1.02. The summed E-state index contributed by atoms with van der Waals surface area (Å²) < 4.78 is 0. The highest BCUT2D eigenvalue weighted by molar-refractivity contribution is 6.34. The third kappa shape index (κ3) is 2.91. The van der Waals surface area contributed by atoms with Crippen LogP contribution < -0.4 is 0 Å². The zero-order valence-corrected chi connectivity index (χ0v) is 10.4. The smallest absolute Gasteiger partial charge is 0.140 e. The molecule has 0 saturated carbocycles. The third-order valence-electron chi connectivity index (χ3n) is 2.65. The highest BCUT2D eigenvalue weighted by atomic mass is 35.5. The molecule has 2 unspecified atom stereocenters. The molecule has 1 heterocycles. The summed E-state index contributed by atoms with van der Waals surface area (Å²) in [7, 11) is 0. The lowest BCUT2D eigenvalue weighted by molar-refractivity contribution is 0.0245. The largest absolute Gasteiger partial charge is 0.390 e. The minimum absolute atomic E-state index is 0.208. The second-order valence-corrected chi connectivity index (χ2v) is 4.22. The molecule has 1 aromatic carbocycles. The van der Waals surface area contributed by atoms with E-state index in [2.05, 4.69) is 20.0 Å². The van der Waals surface area contributed by atoms with Crippen LogP contribution in [0.2, 0.25) is 5.15 Å². The fourth-order valence-corrected chi connectivity index (χ4v) is 1.87. The van der Waals surface area contributed by atoms with Crippen molar-refractivity contribution in [1.29, 1.82) is 0 Å². The van der Waals surface area contributed by atoms with Gasteiger partial charge in [0.1, 0.15) is 17.6 Å². The van der Waals surface area contributed by atoms with Crippen LogP contribution in [0.25, 0.3) is 21.3 Å². The predicted molar refractivity (Wildman–Crippen MR) is 69.5 cm³/mol. The molecular weight excluding hydrogens is 270 g/mol. The number of aromatic nitrogens is 2. The lowest BCUT2D eigenvalue weighted by Gasteiger charge is -2.16. The number of azide groups is 1. The molecule has 1 aromatic heterocycles. The summed E-state index contributed by atoms with van der Waals surface area (Å²) in [5.74, 6) is 0. The SMILES string of the molecule is [N-]=[N+]=NCC(O)C(O)c1ccc2c(Cl)ncnc2c1. The minimum Gasteiger partial charge on any atom is -0.390 e. The zero-order chi connectivity index (χ0) is 13.8. The van der Waals surface area contributed by atoms with Crippen LogP contribution in [-0.2, 0) is 0 Å². The van der Waals surface area contributed by atoms with Crippen molar-refractivity contribution in [2.75, 3.05) is 6.54 Å².